The Kier molecular flexibility index (Phi) is 3.74. The average molecular weight is 184 g/mol. The van der Waals surface area contributed by atoms with Gasteiger partial charge in [-0.15, -0.1) is 0 Å². The molecule has 1 aliphatic rings. The molecule has 78 valence electrons. The van der Waals surface area contributed by atoms with Gasteiger partial charge in [-0.2, -0.15) is 0 Å². The molecule has 0 aliphatic carbocycles. The number of hydrogen-bond donors (Lipinski definition) is 1. The lowest BCUT2D eigenvalue weighted by Crippen LogP contribution is -2.40. The van der Waals surface area contributed by atoms with E-state index in [0.29, 0.717) is 11.5 Å². The van der Waals surface area contributed by atoms with Gasteiger partial charge < -0.3 is 10.6 Å². The number of hydrogen-bond acceptors (Lipinski definition) is 2. The summed E-state index contributed by atoms with van der Waals surface area (Å²) in [6.45, 7) is 10.6. The van der Waals surface area contributed by atoms with Crippen LogP contribution in [0.2, 0.25) is 0 Å². The van der Waals surface area contributed by atoms with Gasteiger partial charge in [-0.05, 0) is 44.3 Å². The van der Waals surface area contributed by atoms with Gasteiger partial charge in [0.15, 0.2) is 0 Å². The van der Waals surface area contributed by atoms with Crippen molar-refractivity contribution in [2.24, 2.45) is 11.1 Å². The Morgan fingerprint density at radius 2 is 1.77 bits per heavy atom. The zero-order valence-corrected chi connectivity index (χ0v) is 9.34. The third-order valence-corrected chi connectivity index (χ3v) is 2.81. The van der Waals surface area contributed by atoms with Gasteiger partial charge in [0.05, 0.1) is 0 Å². The van der Waals surface area contributed by atoms with Gasteiger partial charge in [0.25, 0.3) is 0 Å². The molecule has 0 saturated carbocycles. The highest BCUT2D eigenvalue weighted by Crippen LogP contribution is 2.20. The maximum absolute atomic E-state index is 5.85. The molecular formula is C11H24N2. The molecule has 0 spiro atoms. The van der Waals surface area contributed by atoms with Crippen molar-refractivity contribution in [3.05, 3.63) is 0 Å². The van der Waals surface area contributed by atoms with Crippen molar-refractivity contribution in [1.82, 2.24) is 4.90 Å². The molecule has 0 aromatic heterocycles. The average Bonchev–Trinajstić information content (AvgIpc) is 2.02. The predicted octanol–water partition coefficient (Wildman–Crippen LogP) is 1.85. The van der Waals surface area contributed by atoms with Crippen molar-refractivity contribution in [2.45, 2.75) is 46.1 Å². The van der Waals surface area contributed by atoms with Gasteiger partial charge >= 0.3 is 0 Å². The highest BCUT2D eigenvalue weighted by Gasteiger charge is 2.18. The van der Waals surface area contributed by atoms with Crippen LogP contribution in [0.3, 0.4) is 0 Å². The van der Waals surface area contributed by atoms with E-state index in [1.807, 2.05) is 0 Å². The molecule has 2 heteroatoms. The summed E-state index contributed by atoms with van der Waals surface area (Å²) in [6.07, 6.45) is 3.66. The lowest BCUT2D eigenvalue weighted by Gasteiger charge is -2.32. The number of nitrogens with zero attached hydrogens (tertiary/aromatic N) is 1. The van der Waals surface area contributed by atoms with E-state index in [2.05, 4.69) is 25.7 Å². The number of likely N-dealkylation sites (tertiary alicyclic amines) is 1. The standard InChI is InChI=1S/C11H24N2/c1-11(2,3)6-9-13-7-4-10(12)5-8-13/h10H,4-9,12H2,1-3H3. The van der Waals surface area contributed by atoms with Crippen LogP contribution in [0.1, 0.15) is 40.0 Å². The Labute approximate surface area is 82.5 Å². The maximum Gasteiger partial charge on any atom is 0.00631 e. The second-order valence-corrected chi connectivity index (χ2v) is 5.49. The number of piperidine rings is 1. The molecule has 2 nitrogen and oxygen atoms in total. The van der Waals surface area contributed by atoms with Gasteiger partial charge in [-0.1, -0.05) is 20.8 Å². The Morgan fingerprint density at radius 1 is 1.23 bits per heavy atom. The molecule has 1 rings (SSSR count). The zero-order valence-electron chi connectivity index (χ0n) is 9.34. The summed E-state index contributed by atoms with van der Waals surface area (Å²) in [7, 11) is 0. The molecule has 0 bridgehead atoms. The van der Waals surface area contributed by atoms with E-state index in [0.717, 1.165) is 0 Å². The van der Waals surface area contributed by atoms with Gasteiger partial charge in [0.2, 0.25) is 0 Å². The predicted molar refractivity (Wildman–Crippen MR) is 57.7 cm³/mol. The first-order chi connectivity index (χ1) is 5.97. The van der Waals surface area contributed by atoms with Gasteiger partial charge in [-0.25, -0.2) is 0 Å². The van der Waals surface area contributed by atoms with Crippen molar-refractivity contribution in [1.29, 1.82) is 0 Å². The van der Waals surface area contributed by atoms with Crippen LogP contribution in [-0.4, -0.2) is 30.6 Å². The highest BCUT2D eigenvalue weighted by molar-refractivity contribution is 4.75. The van der Waals surface area contributed by atoms with Crippen LogP contribution in [-0.2, 0) is 0 Å². The fourth-order valence-electron chi connectivity index (χ4n) is 1.67. The van der Waals surface area contributed by atoms with Crippen molar-refractivity contribution >= 4 is 0 Å². The lowest BCUT2D eigenvalue weighted by atomic mass is 9.91. The van der Waals surface area contributed by atoms with Crippen LogP contribution < -0.4 is 5.73 Å². The fourth-order valence-corrected chi connectivity index (χ4v) is 1.67. The molecule has 0 atom stereocenters. The largest absolute Gasteiger partial charge is 0.328 e. The Bertz CT molecular complexity index is 141. The Hall–Kier alpha value is -0.0800. The van der Waals surface area contributed by atoms with Crippen LogP contribution in [0, 0.1) is 5.41 Å². The molecule has 13 heavy (non-hydrogen) atoms. The van der Waals surface area contributed by atoms with Crippen LogP contribution in [0.25, 0.3) is 0 Å². The minimum atomic E-state index is 0.464. The Morgan fingerprint density at radius 3 is 2.23 bits per heavy atom. The third kappa shape index (κ3) is 4.63. The first kappa shape index (κ1) is 11.0. The van der Waals surface area contributed by atoms with E-state index >= 15 is 0 Å². The molecule has 0 radical (unpaired) electrons. The molecule has 0 aromatic rings. The van der Waals surface area contributed by atoms with Crippen LogP contribution in [0.5, 0.6) is 0 Å². The second-order valence-electron chi connectivity index (χ2n) is 5.49. The monoisotopic (exact) mass is 184 g/mol. The topological polar surface area (TPSA) is 29.3 Å². The van der Waals surface area contributed by atoms with Crippen molar-refractivity contribution in [2.75, 3.05) is 19.6 Å². The second kappa shape index (κ2) is 4.43. The normalized spacial score (nSPS) is 22.2. The molecule has 0 amide bonds. The van der Waals surface area contributed by atoms with E-state index in [9.17, 15) is 0 Å². The summed E-state index contributed by atoms with van der Waals surface area (Å²) >= 11 is 0. The molecule has 1 aliphatic heterocycles. The first-order valence-corrected chi connectivity index (χ1v) is 5.45. The quantitative estimate of drug-likeness (QED) is 0.709. The van der Waals surface area contributed by atoms with Crippen molar-refractivity contribution in [3.63, 3.8) is 0 Å². The van der Waals surface area contributed by atoms with E-state index in [1.165, 1.54) is 38.9 Å². The summed E-state index contributed by atoms with van der Waals surface area (Å²) in [4.78, 5) is 2.55. The molecule has 1 heterocycles. The highest BCUT2D eigenvalue weighted by atomic mass is 15.1. The first-order valence-electron chi connectivity index (χ1n) is 5.45. The lowest BCUT2D eigenvalue weighted by molar-refractivity contribution is 0.185. The van der Waals surface area contributed by atoms with Crippen molar-refractivity contribution in [3.8, 4) is 0 Å². The molecule has 2 N–H and O–H groups in total. The maximum atomic E-state index is 5.85. The summed E-state index contributed by atoms with van der Waals surface area (Å²) in [5.74, 6) is 0. The van der Waals surface area contributed by atoms with E-state index < -0.39 is 0 Å². The summed E-state index contributed by atoms with van der Waals surface area (Å²) in [5, 5.41) is 0. The van der Waals surface area contributed by atoms with E-state index in [4.69, 9.17) is 5.73 Å². The molecular weight excluding hydrogens is 160 g/mol. The zero-order chi connectivity index (χ0) is 9.90. The summed E-state index contributed by atoms with van der Waals surface area (Å²) in [5.41, 5.74) is 6.32. The fraction of sp³-hybridized carbons (Fsp3) is 1.00. The molecule has 0 aromatic carbocycles. The third-order valence-electron chi connectivity index (χ3n) is 2.81. The van der Waals surface area contributed by atoms with Crippen molar-refractivity contribution < 1.29 is 0 Å². The smallest absolute Gasteiger partial charge is 0.00631 e. The van der Waals surface area contributed by atoms with E-state index in [1.54, 1.807) is 0 Å². The summed E-state index contributed by atoms with van der Waals surface area (Å²) in [6, 6.07) is 0.464. The SMILES string of the molecule is CC(C)(C)CCN1CCC(N)CC1. The Balaban J connectivity index is 2.16. The minimum Gasteiger partial charge on any atom is -0.328 e. The van der Waals surface area contributed by atoms with Crippen LogP contribution in [0.15, 0.2) is 0 Å². The van der Waals surface area contributed by atoms with Gasteiger partial charge in [0.1, 0.15) is 0 Å². The summed E-state index contributed by atoms with van der Waals surface area (Å²) < 4.78 is 0. The van der Waals surface area contributed by atoms with Gasteiger partial charge in [0, 0.05) is 6.04 Å². The number of rotatable bonds is 2. The molecule has 0 unspecified atom stereocenters. The molecule has 1 fully saturated rings. The van der Waals surface area contributed by atoms with Crippen LogP contribution >= 0.6 is 0 Å². The van der Waals surface area contributed by atoms with Crippen LogP contribution in [0.4, 0.5) is 0 Å². The minimum absolute atomic E-state index is 0.464. The number of nitrogens with two attached hydrogens (primary N) is 1. The van der Waals surface area contributed by atoms with E-state index in [-0.39, 0.29) is 0 Å². The molecule has 1 saturated heterocycles. The van der Waals surface area contributed by atoms with Gasteiger partial charge in [-0.3, -0.25) is 0 Å².